The summed E-state index contributed by atoms with van der Waals surface area (Å²) in [4.78, 5) is 0. The third-order valence-electron chi connectivity index (χ3n) is 3.58. The molecule has 1 heterocycles. The normalized spacial score (nSPS) is 24.5. The van der Waals surface area contributed by atoms with E-state index in [2.05, 4.69) is 5.16 Å². The second kappa shape index (κ2) is 6.05. The van der Waals surface area contributed by atoms with E-state index in [9.17, 15) is 8.42 Å². The zero-order chi connectivity index (χ0) is 13.9. The van der Waals surface area contributed by atoms with Gasteiger partial charge in [-0.1, -0.05) is 11.6 Å². The molecule has 0 amide bonds. The number of rotatable bonds is 5. The van der Waals surface area contributed by atoms with E-state index in [1.807, 2.05) is 13.0 Å². The first-order chi connectivity index (χ1) is 8.92. The Hall–Kier alpha value is -0.880. The molecule has 0 aromatic carbocycles. The second-order valence-electron chi connectivity index (χ2n) is 5.53. The number of aryl methyl sites for hydroxylation is 1. The Kier molecular flexibility index (Phi) is 4.62. The highest BCUT2D eigenvalue weighted by molar-refractivity contribution is 7.85. The summed E-state index contributed by atoms with van der Waals surface area (Å²) in [6.45, 7) is 2.22. The molecule has 1 aromatic rings. The quantitative estimate of drug-likeness (QED) is 0.777. The van der Waals surface area contributed by atoms with Crippen molar-refractivity contribution < 1.29 is 17.1 Å². The van der Waals surface area contributed by atoms with E-state index in [1.165, 1.54) is 0 Å². The van der Waals surface area contributed by atoms with Crippen LogP contribution in [0.5, 0.6) is 0 Å². The zero-order valence-electron chi connectivity index (χ0n) is 11.5. The van der Waals surface area contributed by atoms with Crippen LogP contribution in [-0.4, -0.2) is 26.4 Å². The van der Waals surface area contributed by atoms with Crippen LogP contribution in [0.4, 0.5) is 0 Å². The lowest BCUT2D eigenvalue weighted by atomic mass is 9.80. The Balaban J connectivity index is 1.83. The predicted octanol–water partition coefficient (Wildman–Crippen LogP) is 2.31. The van der Waals surface area contributed by atoms with Crippen LogP contribution >= 0.6 is 0 Å². The van der Waals surface area contributed by atoms with Gasteiger partial charge in [-0.25, -0.2) is 0 Å². The molecule has 0 spiro atoms. The Morgan fingerprint density at radius 1 is 1.42 bits per heavy atom. The highest BCUT2D eigenvalue weighted by atomic mass is 32.2. The Labute approximate surface area is 114 Å². The highest BCUT2D eigenvalue weighted by Gasteiger charge is 2.24. The number of hydrogen-bond donors (Lipinski definition) is 0. The van der Waals surface area contributed by atoms with Gasteiger partial charge in [0.15, 0.2) is 0 Å². The first-order valence-corrected chi connectivity index (χ1v) is 8.50. The van der Waals surface area contributed by atoms with Crippen LogP contribution in [0.1, 0.15) is 37.1 Å². The van der Waals surface area contributed by atoms with E-state index >= 15 is 0 Å². The molecule has 108 valence electrons. The number of aromatic nitrogens is 1. The lowest BCUT2D eigenvalue weighted by molar-refractivity contribution is 0.175. The van der Waals surface area contributed by atoms with Gasteiger partial charge in [0.1, 0.15) is 5.76 Å². The monoisotopic (exact) mass is 287 g/mol. The van der Waals surface area contributed by atoms with Gasteiger partial charge in [-0.15, -0.1) is 0 Å². The molecule has 0 saturated heterocycles. The van der Waals surface area contributed by atoms with E-state index in [0.29, 0.717) is 18.4 Å². The van der Waals surface area contributed by atoms with Gasteiger partial charge in [0.2, 0.25) is 0 Å². The molecule has 0 N–H and O–H groups in total. The molecule has 0 aliphatic heterocycles. The number of hydrogen-bond acceptors (Lipinski definition) is 5. The molecule has 2 rings (SSSR count). The molecular weight excluding hydrogens is 266 g/mol. The maximum Gasteiger partial charge on any atom is 0.264 e. The van der Waals surface area contributed by atoms with Crippen LogP contribution in [0.3, 0.4) is 0 Å². The van der Waals surface area contributed by atoms with Gasteiger partial charge in [0, 0.05) is 12.5 Å². The fourth-order valence-electron chi connectivity index (χ4n) is 2.76. The predicted molar refractivity (Wildman–Crippen MR) is 71.2 cm³/mol. The first-order valence-electron chi connectivity index (χ1n) is 6.69. The SMILES string of the molecule is Cc1cc(CC2CCCC(COS(C)(=O)=O)C2)on1. The summed E-state index contributed by atoms with van der Waals surface area (Å²) in [6.07, 6.45) is 6.31. The fourth-order valence-corrected chi connectivity index (χ4v) is 3.20. The average Bonchev–Trinajstić information content (AvgIpc) is 2.72. The van der Waals surface area contributed by atoms with Gasteiger partial charge in [-0.3, -0.25) is 4.18 Å². The molecular formula is C13H21NO4S. The molecule has 5 nitrogen and oxygen atoms in total. The van der Waals surface area contributed by atoms with Crippen LogP contribution in [0.2, 0.25) is 0 Å². The molecule has 1 aliphatic carbocycles. The summed E-state index contributed by atoms with van der Waals surface area (Å²) < 4.78 is 32.2. The third-order valence-corrected chi connectivity index (χ3v) is 4.14. The van der Waals surface area contributed by atoms with Gasteiger partial charge in [-0.2, -0.15) is 8.42 Å². The second-order valence-corrected chi connectivity index (χ2v) is 7.17. The van der Waals surface area contributed by atoms with E-state index in [-0.39, 0.29) is 0 Å². The minimum atomic E-state index is -3.33. The van der Waals surface area contributed by atoms with Crippen molar-refractivity contribution in [1.82, 2.24) is 5.16 Å². The maximum absolute atomic E-state index is 11.0. The number of nitrogens with zero attached hydrogens (tertiary/aromatic N) is 1. The van der Waals surface area contributed by atoms with E-state index in [0.717, 1.165) is 49.8 Å². The molecule has 1 aromatic heterocycles. The summed E-state index contributed by atoms with van der Waals surface area (Å²) in [5, 5.41) is 3.89. The molecule has 0 radical (unpaired) electrons. The summed E-state index contributed by atoms with van der Waals surface area (Å²) in [5.74, 6) is 1.79. The summed E-state index contributed by atoms with van der Waals surface area (Å²) in [6, 6.07) is 1.97. The van der Waals surface area contributed by atoms with Crippen molar-refractivity contribution in [3.63, 3.8) is 0 Å². The lowest BCUT2D eigenvalue weighted by Crippen LogP contribution is -2.22. The Morgan fingerprint density at radius 2 is 2.16 bits per heavy atom. The first kappa shape index (κ1) is 14.5. The molecule has 6 heteroatoms. The molecule has 2 atom stereocenters. The molecule has 19 heavy (non-hydrogen) atoms. The smallest absolute Gasteiger partial charge is 0.264 e. The maximum atomic E-state index is 11.0. The standard InChI is InChI=1S/C13H21NO4S/c1-10-6-13(18-14-10)8-11-4-3-5-12(7-11)9-17-19(2,15)16/h6,11-12H,3-5,7-9H2,1-2H3. The summed E-state index contributed by atoms with van der Waals surface area (Å²) in [7, 11) is -3.33. The van der Waals surface area contributed by atoms with E-state index in [1.54, 1.807) is 0 Å². The minimum Gasteiger partial charge on any atom is -0.361 e. The van der Waals surface area contributed by atoms with Crippen LogP contribution < -0.4 is 0 Å². The van der Waals surface area contributed by atoms with E-state index < -0.39 is 10.1 Å². The molecule has 2 unspecified atom stereocenters. The molecule has 1 aliphatic rings. The van der Waals surface area contributed by atoms with Crippen LogP contribution in [0.15, 0.2) is 10.6 Å². The van der Waals surface area contributed by atoms with Crippen molar-refractivity contribution in [2.45, 2.75) is 39.0 Å². The van der Waals surface area contributed by atoms with Crippen molar-refractivity contribution >= 4 is 10.1 Å². The summed E-state index contributed by atoms with van der Waals surface area (Å²) in [5.41, 5.74) is 0.905. The van der Waals surface area contributed by atoms with Crippen molar-refractivity contribution in [2.24, 2.45) is 11.8 Å². The minimum absolute atomic E-state index is 0.310. The lowest BCUT2D eigenvalue weighted by Gasteiger charge is -2.28. The van der Waals surface area contributed by atoms with Crippen molar-refractivity contribution in [3.8, 4) is 0 Å². The molecule has 0 bridgehead atoms. The molecule has 1 fully saturated rings. The zero-order valence-corrected chi connectivity index (χ0v) is 12.3. The Bertz CT molecular complexity index is 508. The van der Waals surface area contributed by atoms with Crippen LogP contribution in [0, 0.1) is 18.8 Å². The van der Waals surface area contributed by atoms with Crippen molar-refractivity contribution in [3.05, 3.63) is 17.5 Å². The highest BCUT2D eigenvalue weighted by Crippen LogP contribution is 2.31. The van der Waals surface area contributed by atoms with Gasteiger partial charge >= 0.3 is 0 Å². The average molecular weight is 287 g/mol. The Morgan fingerprint density at radius 3 is 2.79 bits per heavy atom. The van der Waals surface area contributed by atoms with Crippen LogP contribution in [0.25, 0.3) is 0 Å². The van der Waals surface area contributed by atoms with Gasteiger partial charge < -0.3 is 4.52 Å². The van der Waals surface area contributed by atoms with E-state index in [4.69, 9.17) is 8.71 Å². The van der Waals surface area contributed by atoms with Crippen molar-refractivity contribution in [1.29, 1.82) is 0 Å². The van der Waals surface area contributed by atoms with Gasteiger partial charge in [-0.05, 0) is 38.0 Å². The fraction of sp³-hybridized carbons (Fsp3) is 0.769. The third kappa shape index (κ3) is 4.95. The topological polar surface area (TPSA) is 69.4 Å². The summed E-state index contributed by atoms with van der Waals surface area (Å²) >= 11 is 0. The van der Waals surface area contributed by atoms with Crippen molar-refractivity contribution in [2.75, 3.05) is 12.9 Å². The van der Waals surface area contributed by atoms with Gasteiger partial charge in [0.05, 0.1) is 18.6 Å². The van der Waals surface area contributed by atoms with Crippen LogP contribution in [-0.2, 0) is 20.7 Å². The van der Waals surface area contributed by atoms with Gasteiger partial charge in [0.25, 0.3) is 10.1 Å². The molecule has 1 saturated carbocycles. The largest absolute Gasteiger partial charge is 0.361 e.